The summed E-state index contributed by atoms with van der Waals surface area (Å²) in [5.41, 5.74) is 1.56. The molecule has 0 aliphatic carbocycles. The molecule has 0 atom stereocenters. The quantitative estimate of drug-likeness (QED) is 0.817. The molecular weight excluding hydrogens is 276 g/mol. The third kappa shape index (κ3) is 3.28. The van der Waals surface area contributed by atoms with E-state index in [-0.39, 0.29) is 0 Å². The van der Waals surface area contributed by atoms with E-state index >= 15 is 0 Å². The lowest BCUT2D eigenvalue weighted by Gasteiger charge is -2.29. The van der Waals surface area contributed by atoms with E-state index in [9.17, 15) is 5.26 Å². The topological polar surface area (TPSA) is 27.0 Å². The van der Waals surface area contributed by atoms with Crippen LogP contribution in [0.3, 0.4) is 0 Å². The number of nitriles is 1. The minimum absolute atomic E-state index is 0.315. The average Bonchev–Trinajstić information content (AvgIpc) is 2.89. The van der Waals surface area contributed by atoms with Crippen LogP contribution in [0.4, 0.5) is 5.69 Å². The fraction of sp³-hybridized carbons (Fsp3) is 0.267. The summed E-state index contributed by atoms with van der Waals surface area (Å²) in [6, 6.07) is 12.2. The van der Waals surface area contributed by atoms with Crippen molar-refractivity contribution in [1.29, 1.82) is 5.26 Å². The van der Waals surface area contributed by atoms with Gasteiger partial charge in [0, 0.05) is 15.9 Å². The first kappa shape index (κ1) is 13.9. The molecule has 0 saturated carbocycles. The first-order valence-electron chi connectivity index (χ1n) is 6.10. The maximum atomic E-state index is 9.27. The van der Waals surface area contributed by atoms with E-state index in [0.29, 0.717) is 16.6 Å². The molecule has 0 N–H and O–H groups in total. The Morgan fingerprint density at radius 2 is 2.16 bits per heavy atom. The van der Waals surface area contributed by atoms with Crippen LogP contribution in [0.15, 0.2) is 35.7 Å². The third-order valence-electron chi connectivity index (χ3n) is 2.92. The molecule has 0 radical (unpaired) electrons. The summed E-state index contributed by atoms with van der Waals surface area (Å²) in [7, 11) is 0. The van der Waals surface area contributed by atoms with Gasteiger partial charge in [0.25, 0.3) is 0 Å². The molecule has 0 aliphatic rings. The maximum absolute atomic E-state index is 9.27. The van der Waals surface area contributed by atoms with Gasteiger partial charge in [0.1, 0.15) is 6.07 Å². The van der Waals surface area contributed by atoms with Gasteiger partial charge in [-0.1, -0.05) is 17.7 Å². The van der Waals surface area contributed by atoms with E-state index < -0.39 is 0 Å². The van der Waals surface area contributed by atoms with Crippen LogP contribution >= 0.6 is 22.9 Å². The van der Waals surface area contributed by atoms with Gasteiger partial charge in [-0.25, -0.2) is 0 Å². The predicted octanol–water partition coefficient (Wildman–Crippen LogP) is 4.69. The van der Waals surface area contributed by atoms with Crippen molar-refractivity contribution in [2.24, 2.45) is 0 Å². The van der Waals surface area contributed by atoms with Gasteiger partial charge >= 0.3 is 0 Å². The van der Waals surface area contributed by atoms with E-state index in [0.717, 1.165) is 12.2 Å². The van der Waals surface area contributed by atoms with Gasteiger partial charge in [-0.3, -0.25) is 0 Å². The summed E-state index contributed by atoms with van der Waals surface area (Å²) < 4.78 is 0. The van der Waals surface area contributed by atoms with Gasteiger partial charge in [0.2, 0.25) is 0 Å². The Labute approximate surface area is 122 Å². The lowest BCUT2D eigenvalue weighted by atomic mass is 10.1. The molecule has 0 saturated heterocycles. The van der Waals surface area contributed by atoms with Gasteiger partial charge in [0.15, 0.2) is 0 Å². The Balaban J connectivity index is 2.37. The Kier molecular flexibility index (Phi) is 4.47. The summed E-state index contributed by atoms with van der Waals surface area (Å²) >= 11 is 7.68. The van der Waals surface area contributed by atoms with Crippen molar-refractivity contribution >= 4 is 28.6 Å². The van der Waals surface area contributed by atoms with Crippen LogP contribution in [0.2, 0.25) is 5.02 Å². The summed E-state index contributed by atoms with van der Waals surface area (Å²) in [6.07, 6.45) is 0. The number of benzene rings is 1. The minimum Gasteiger partial charge on any atom is -0.363 e. The second-order valence-corrected chi connectivity index (χ2v) is 6.04. The number of halogens is 1. The zero-order chi connectivity index (χ0) is 13.8. The van der Waals surface area contributed by atoms with Crippen LogP contribution in [0.1, 0.15) is 24.3 Å². The predicted molar refractivity (Wildman–Crippen MR) is 81.8 cm³/mol. The molecule has 0 unspecified atom stereocenters. The number of rotatable bonds is 4. The van der Waals surface area contributed by atoms with E-state index in [2.05, 4.69) is 36.3 Å². The first-order valence-corrected chi connectivity index (χ1v) is 7.36. The Hall–Kier alpha value is -1.50. The minimum atomic E-state index is 0.315. The van der Waals surface area contributed by atoms with E-state index in [1.807, 2.05) is 18.2 Å². The lowest BCUT2D eigenvalue weighted by molar-refractivity contribution is 0.686. The summed E-state index contributed by atoms with van der Waals surface area (Å²) in [5.74, 6) is 0. The monoisotopic (exact) mass is 290 g/mol. The van der Waals surface area contributed by atoms with Crippen LogP contribution in [0.5, 0.6) is 0 Å². The van der Waals surface area contributed by atoms with Crippen LogP contribution in [-0.2, 0) is 6.54 Å². The highest BCUT2D eigenvalue weighted by atomic mass is 35.5. The SMILES string of the molecule is CC(C)N(Cc1cccs1)c1ccc(Cl)cc1C#N. The lowest BCUT2D eigenvalue weighted by Crippen LogP contribution is -2.30. The highest BCUT2D eigenvalue weighted by Crippen LogP contribution is 2.27. The van der Waals surface area contributed by atoms with Crippen LogP contribution < -0.4 is 4.90 Å². The van der Waals surface area contributed by atoms with Crippen molar-refractivity contribution in [3.63, 3.8) is 0 Å². The fourth-order valence-electron chi connectivity index (χ4n) is 1.96. The average molecular weight is 291 g/mol. The molecule has 1 aromatic carbocycles. The van der Waals surface area contributed by atoms with Crippen molar-refractivity contribution in [3.8, 4) is 6.07 Å². The van der Waals surface area contributed by atoms with Crippen LogP contribution in [-0.4, -0.2) is 6.04 Å². The third-order valence-corrected chi connectivity index (χ3v) is 4.01. The van der Waals surface area contributed by atoms with Crippen LogP contribution in [0.25, 0.3) is 0 Å². The van der Waals surface area contributed by atoms with Crippen molar-refractivity contribution < 1.29 is 0 Å². The molecule has 1 aromatic heterocycles. The molecule has 0 bridgehead atoms. The highest BCUT2D eigenvalue weighted by Gasteiger charge is 2.15. The van der Waals surface area contributed by atoms with Crippen LogP contribution in [0, 0.1) is 11.3 Å². The molecule has 19 heavy (non-hydrogen) atoms. The second kappa shape index (κ2) is 6.10. The van der Waals surface area contributed by atoms with Crippen molar-refractivity contribution in [3.05, 3.63) is 51.2 Å². The standard InChI is InChI=1S/C15H15ClN2S/c1-11(2)18(10-14-4-3-7-19-14)15-6-5-13(16)8-12(15)9-17/h3-8,11H,10H2,1-2H3. The van der Waals surface area contributed by atoms with Crippen molar-refractivity contribution in [1.82, 2.24) is 0 Å². The second-order valence-electron chi connectivity index (χ2n) is 4.57. The molecule has 2 nitrogen and oxygen atoms in total. The molecule has 0 amide bonds. The molecule has 98 valence electrons. The van der Waals surface area contributed by atoms with Gasteiger partial charge < -0.3 is 4.90 Å². The fourth-order valence-corrected chi connectivity index (χ4v) is 2.84. The zero-order valence-corrected chi connectivity index (χ0v) is 12.5. The van der Waals surface area contributed by atoms with E-state index in [4.69, 9.17) is 11.6 Å². The molecule has 0 spiro atoms. The molecule has 0 fully saturated rings. The van der Waals surface area contributed by atoms with Gasteiger partial charge in [0.05, 0.1) is 17.8 Å². The molecule has 2 aromatic rings. The molecule has 1 heterocycles. The Morgan fingerprint density at radius 1 is 1.37 bits per heavy atom. The smallest absolute Gasteiger partial charge is 0.101 e. The largest absolute Gasteiger partial charge is 0.363 e. The van der Waals surface area contributed by atoms with E-state index in [1.54, 1.807) is 17.4 Å². The van der Waals surface area contributed by atoms with Crippen molar-refractivity contribution in [2.75, 3.05) is 4.90 Å². The number of thiophene rings is 1. The summed E-state index contributed by atoms with van der Waals surface area (Å²) in [6.45, 7) is 5.07. The molecule has 2 rings (SSSR count). The molecule has 0 aliphatic heterocycles. The number of nitrogens with zero attached hydrogens (tertiary/aromatic N) is 2. The zero-order valence-electron chi connectivity index (χ0n) is 10.9. The molecular formula is C15H15ClN2S. The number of hydrogen-bond donors (Lipinski definition) is 0. The highest BCUT2D eigenvalue weighted by molar-refractivity contribution is 7.09. The molecule has 4 heteroatoms. The maximum Gasteiger partial charge on any atom is 0.101 e. The van der Waals surface area contributed by atoms with Crippen molar-refractivity contribution in [2.45, 2.75) is 26.4 Å². The normalized spacial score (nSPS) is 10.5. The van der Waals surface area contributed by atoms with E-state index in [1.165, 1.54) is 4.88 Å². The summed E-state index contributed by atoms with van der Waals surface area (Å²) in [4.78, 5) is 3.51. The summed E-state index contributed by atoms with van der Waals surface area (Å²) in [5, 5.41) is 11.9. The van der Waals surface area contributed by atoms with Gasteiger partial charge in [-0.05, 0) is 43.5 Å². The Morgan fingerprint density at radius 3 is 2.74 bits per heavy atom. The first-order chi connectivity index (χ1) is 9.11. The number of hydrogen-bond acceptors (Lipinski definition) is 3. The Bertz CT molecular complexity index is 585. The van der Waals surface area contributed by atoms with Gasteiger partial charge in [-0.2, -0.15) is 5.26 Å². The van der Waals surface area contributed by atoms with Gasteiger partial charge in [-0.15, -0.1) is 11.3 Å². The number of anilines is 1.